The fourth-order valence-corrected chi connectivity index (χ4v) is 3.30. The molecule has 110 valence electrons. The van der Waals surface area contributed by atoms with Crippen LogP contribution < -0.4 is 4.72 Å². The summed E-state index contributed by atoms with van der Waals surface area (Å²) in [5, 5.41) is 0. The molecule has 0 radical (unpaired) electrons. The zero-order valence-corrected chi connectivity index (χ0v) is 12.1. The summed E-state index contributed by atoms with van der Waals surface area (Å²) in [5.74, 6) is -0.668. The Hall–Kier alpha value is -0.920. The largest absolute Gasteiger partial charge is 0.466 e. The average molecular weight is 290 g/mol. The van der Waals surface area contributed by atoms with Gasteiger partial charge in [0.05, 0.1) is 12.5 Å². The molecular formula is C12H22N2O4S. The van der Waals surface area contributed by atoms with Crippen LogP contribution in [0.2, 0.25) is 0 Å². The van der Waals surface area contributed by atoms with Gasteiger partial charge in [-0.1, -0.05) is 6.08 Å². The molecule has 0 saturated carbocycles. The van der Waals surface area contributed by atoms with Crippen LogP contribution >= 0.6 is 0 Å². The van der Waals surface area contributed by atoms with Crippen molar-refractivity contribution in [2.24, 2.45) is 5.92 Å². The number of nitrogens with zero attached hydrogens (tertiary/aromatic N) is 1. The second-order valence-corrected chi connectivity index (χ2v) is 6.18. The van der Waals surface area contributed by atoms with E-state index >= 15 is 0 Å². The number of carbonyl (C=O) groups excluding carboxylic acids is 1. The van der Waals surface area contributed by atoms with Gasteiger partial charge in [-0.15, -0.1) is 6.58 Å². The van der Waals surface area contributed by atoms with E-state index in [4.69, 9.17) is 4.74 Å². The van der Waals surface area contributed by atoms with Crippen LogP contribution in [-0.2, 0) is 19.7 Å². The summed E-state index contributed by atoms with van der Waals surface area (Å²) in [6.45, 7) is 6.57. The molecule has 1 aliphatic rings. The van der Waals surface area contributed by atoms with Crippen LogP contribution in [0.25, 0.3) is 0 Å². The van der Waals surface area contributed by atoms with Gasteiger partial charge in [-0.05, 0) is 26.2 Å². The van der Waals surface area contributed by atoms with E-state index in [1.807, 2.05) is 0 Å². The molecule has 7 heteroatoms. The summed E-state index contributed by atoms with van der Waals surface area (Å²) < 4.78 is 32.8. The fourth-order valence-electron chi connectivity index (χ4n) is 1.99. The zero-order valence-electron chi connectivity index (χ0n) is 11.3. The number of hydrogen-bond acceptors (Lipinski definition) is 4. The van der Waals surface area contributed by atoms with Crippen LogP contribution in [0.5, 0.6) is 0 Å². The molecule has 1 unspecified atom stereocenters. The molecule has 1 N–H and O–H groups in total. The van der Waals surface area contributed by atoms with Crippen molar-refractivity contribution >= 4 is 16.2 Å². The summed E-state index contributed by atoms with van der Waals surface area (Å²) in [7, 11) is -3.51. The van der Waals surface area contributed by atoms with Crippen molar-refractivity contribution < 1.29 is 17.9 Å². The van der Waals surface area contributed by atoms with Gasteiger partial charge in [0.2, 0.25) is 0 Å². The van der Waals surface area contributed by atoms with Gasteiger partial charge in [0.1, 0.15) is 0 Å². The van der Waals surface area contributed by atoms with E-state index in [1.165, 1.54) is 4.31 Å². The Morgan fingerprint density at radius 3 is 2.95 bits per heavy atom. The van der Waals surface area contributed by atoms with Crippen molar-refractivity contribution in [1.82, 2.24) is 9.03 Å². The summed E-state index contributed by atoms with van der Waals surface area (Å²) in [6.07, 6.45) is 3.58. The molecule has 1 heterocycles. The molecule has 0 aromatic heterocycles. The van der Waals surface area contributed by atoms with Gasteiger partial charge in [0, 0.05) is 19.6 Å². The topological polar surface area (TPSA) is 75.7 Å². The zero-order chi connectivity index (χ0) is 14.3. The molecule has 1 rings (SSSR count). The Morgan fingerprint density at radius 1 is 1.58 bits per heavy atom. The Kier molecular flexibility index (Phi) is 6.47. The normalized spacial score (nSPS) is 21.0. The lowest BCUT2D eigenvalue weighted by atomic mass is 10.0. The van der Waals surface area contributed by atoms with Gasteiger partial charge < -0.3 is 4.74 Å². The fraction of sp³-hybridized carbons (Fsp3) is 0.750. The molecule has 1 saturated heterocycles. The van der Waals surface area contributed by atoms with E-state index in [1.54, 1.807) is 13.0 Å². The monoisotopic (exact) mass is 290 g/mol. The van der Waals surface area contributed by atoms with E-state index in [-0.39, 0.29) is 18.4 Å². The van der Waals surface area contributed by atoms with E-state index in [0.29, 0.717) is 39.0 Å². The first-order valence-electron chi connectivity index (χ1n) is 6.53. The maximum Gasteiger partial charge on any atom is 0.310 e. The lowest BCUT2D eigenvalue weighted by Gasteiger charge is -2.30. The Balaban J connectivity index is 2.58. The van der Waals surface area contributed by atoms with Gasteiger partial charge in [-0.3, -0.25) is 4.79 Å². The van der Waals surface area contributed by atoms with Gasteiger partial charge in [0.25, 0.3) is 10.2 Å². The first-order valence-corrected chi connectivity index (χ1v) is 7.97. The summed E-state index contributed by atoms with van der Waals surface area (Å²) in [6, 6.07) is 0. The van der Waals surface area contributed by atoms with E-state index in [9.17, 15) is 13.2 Å². The lowest BCUT2D eigenvalue weighted by Crippen LogP contribution is -2.47. The van der Waals surface area contributed by atoms with Crippen molar-refractivity contribution in [3.8, 4) is 0 Å². The summed E-state index contributed by atoms with van der Waals surface area (Å²) in [5.41, 5.74) is 0. The molecule has 0 aromatic carbocycles. The number of rotatable bonds is 7. The Labute approximate surface area is 115 Å². The summed E-state index contributed by atoms with van der Waals surface area (Å²) >= 11 is 0. The maximum atomic E-state index is 12.0. The summed E-state index contributed by atoms with van der Waals surface area (Å²) in [4.78, 5) is 11.7. The third kappa shape index (κ3) is 4.93. The predicted molar refractivity (Wildman–Crippen MR) is 72.7 cm³/mol. The highest BCUT2D eigenvalue weighted by atomic mass is 32.2. The third-order valence-electron chi connectivity index (χ3n) is 2.98. The average Bonchev–Trinajstić information content (AvgIpc) is 2.39. The highest BCUT2D eigenvalue weighted by Gasteiger charge is 2.32. The van der Waals surface area contributed by atoms with E-state index in [0.717, 1.165) is 0 Å². The van der Waals surface area contributed by atoms with Gasteiger partial charge in [0.15, 0.2) is 0 Å². The van der Waals surface area contributed by atoms with Crippen LogP contribution in [0.4, 0.5) is 0 Å². The molecule has 6 nitrogen and oxygen atoms in total. The Morgan fingerprint density at radius 2 is 2.32 bits per heavy atom. The lowest BCUT2D eigenvalue weighted by molar-refractivity contribution is -0.149. The van der Waals surface area contributed by atoms with Gasteiger partial charge in [-0.25, -0.2) is 4.72 Å². The van der Waals surface area contributed by atoms with Gasteiger partial charge in [-0.2, -0.15) is 12.7 Å². The van der Waals surface area contributed by atoms with Crippen molar-refractivity contribution in [3.63, 3.8) is 0 Å². The van der Waals surface area contributed by atoms with Crippen LogP contribution in [0.3, 0.4) is 0 Å². The predicted octanol–water partition coefficient (Wildman–Crippen LogP) is 0.672. The van der Waals surface area contributed by atoms with Crippen LogP contribution in [0.15, 0.2) is 12.7 Å². The Bertz CT molecular complexity index is 408. The van der Waals surface area contributed by atoms with Crippen LogP contribution in [-0.4, -0.2) is 44.9 Å². The van der Waals surface area contributed by atoms with E-state index in [2.05, 4.69) is 11.3 Å². The number of ether oxygens (including phenoxy) is 1. The SMILES string of the molecule is C=CCCNS(=O)(=O)N1CCCC(C(=O)OCC)C1. The molecule has 0 spiro atoms. The molecular weight excluding hydrogens is 268 g/mol. The number of piperidine rings is 1. The highest BCUT2D eigenvalue weighted by molar-refractivity contribution is 7.87. The standard InChI is InChI=1S/C12H22N2O4S/c1-3-5-8-13-19(16,17)14-9-6-7-11(10-14)12(15)18-4-2/h3,11,13H,1,4-10H2,2H3. The van der Waals surface area contributed by atoms with Crippen molar-refractivity contribution in [3.05, 3.63) is 12.7 Å². The molecule has 19 heavy (non-hydrogen) atoms. The smallest absolute Gasteiger partial charge is 0.310 e. The molecule has 0 aromatic rings. The molecule has 1 fully saturated rings. The minimum atomic E-state index is -3.51. The first-order chi connectivity index (χ1) is 9.01. The molecule has 0 amide bonds. The molecule has 0 bridgehead atoms. The van der Waals surface area contributed by atoms with Crippen LogP contribution in [0.1, 0.15) is 26.2 Å². The minimum absolute atomic E-state index is 0.197. The molecule has 1 atom stereocenters. The molecule has 1 aliphatic heterocycles. The van der Waals surface area contributed by atoms with Crippen molar-refractivity contribution in [2.45, 2.75) is 26.2 Å². The first kappa shape index (κ1) is 16.1. The number of carbonyl (C=O) groups is 1. The highest BCUT2D eigenvalue weighted by Crippen LogP contribution is 2.19. The third-order valence-corrected chi connectivity index (χ3v) is 4.56. The number of nitrogens with one attached hydrogen (secondary N) is 1. The van der Waals surface area contributed by atoms with Crippen LogP contribution in [0, 0.1) is 5.92 Å². The van der Waals surface area contributed by atoms with Crippen molar-refractivity contribution in [2.75, 3.05) is 26.2 Å². The van der Waals surface area contributed by atoms with E-state index < -0.39 is 10.2 Å². The second-order valence-electron chi connectivity index (χ2n) is 4.43. The second kappa shape index (κ2) is 7.62. The van der Waals surface area contributed by atoms with Gasteiger partial charge >= 0.3 is 5.97 Å². The maximum absolute atomic E-state index is 12.0. The minimum Gasteiger partial charge on any atom is -0.466 e. The number of esters is 1. The number of hydrogen-bond donors (Lipinski definition) is 1. The van der Waals surface area contributed by atoms with Crippen molar-refractivity contribution in [1.29, 1.82) is 0 Å². The quantitative estimate of drug-likeness (QED) is 0.425. The molecule has 0 aliphatic carbocycles.